The van der Waals surface area contributed by atoms with Gasteiger partial charge in [0.05, 0.1) is 11.4 Å². The lowest BCUT2D eigenvalue weighted by Gasteiger charge is -2.22. The number of anilines is 1. The molecule has 0 bridgehead atoms. The van der Waals surface area contributed by atoms with Crippen LogP contribution in [0.15, 0.2) is 149 Å². The zero-order valence-corrected chi connectivity index (χ0v) is 25.4. The van der Waals surface area contributed by atoms with Crippen molar-refractivity contribution < 1.29 is 4.79 Å². The second kappa shape index (κ2) is 12.8. The van der Waals surface area contributed by atoms with E-state index in [1.165, 1.54) is 22.8 Å². The zero-order valence-electron chi connectivity index (χ0n) is 25.4. The minimum Gasteiger partial charge on any atom is -0.323 e. The number of nitrogens with one attached hydrogen (secondary N) is 1. The van der Waals surface area contributed by atoms with Gasteiger partial charge in [0.1, 0.15) is 0 Å². The molecule has 2 aliphatic heterocycles. The van der Waals surface area contributed by atoms with Crippen molar-refractivity contribution in [2.45, 2.75) is 40.5 Å². The van der Waals surface area contributed by atoms with Crippen molar-refractivity contribution >= 4 is 28.5 Å². The largest absolute Gasteiger partial charge is 0.323 e. The normalized spacial score (nSPS) is 17.2. The van der Waals surface area contributed by atoms with Gasteiger partial charge in [0.2, 0.25) is 5.91 Å². The number of aliphatic imine (C=N–C) groups is 1. The van der Waals surface area contributed by atoms with Crippen LogP contribution in [0.1, 0.15) is 49.4 Å². The van der Waals surface area contributed by atoms with E-state index in [2.05, 4.69) is 91.6 Å². The summed E-state index contributed by atoms with van der Waals surface area (Å²) in [5.74, 6) is -0.229. The maximum absolute atomic E-state index is 11.9. The molecule has 0 radical (unpaired) electrons. The van der Waals surface area contributed by atoms with Crippen molar-refractivity contribution in [1.82, 2.24) is 4.90 Å². The van der Waals surface area contributed by atoms with Gasteiger partial charge in [-0.25, -0.2) is 0 Å². The lowest BCUT2D eigenvalue weighted by molar-refractivity contribution is -0.111. The summed E-state index contributed by atoms with van der Waals surface area (Å²) in [6.07, 6.45) is 19.4. The number of fused-ring (bicyclic) bond motifs is 1. The molecule has 4 heteroatoms. The highest BCUT2D eigenvalue weighted by atomic mass is 16.1. The van der Waals surface area contributed by atoms with Gasteiger partial charge in [-0.05, 0) is 127 Å². The molecular weight excluding hydrogens is 526 g/mol. The summed E-state index contributed by atoms with van der Waals surface area (Å²) in [6, 6.07) is 14.5. The molecule has 0 spiro atoms. The highest BCUT2D eigenvalue weighted by Gasteiger charge is 2.22. The van der Waals surface area contributed by atoms with Crippen molar-refractivity contribution in [3.63, 3.8) is 0 Å². The molecule has 0 saturated heterocycles. The Morgan fingerprint density at radius 1 is 1.12 bits per heavy atom. The predicted octanol–water partition coefficient (Wildman–Crippen LogP) is 9.17. The molecule has 0 aromatic heterocycles. The van der Waals surface area contributed by atoms with Gasteiger partial charge in [0.25, 0.3) is 0 Å². The Hall–Kier alpha value is -5.18. The minimum absolute atomic E-state index is 0.229. The topological polar surface area (TPSA) is 44.7 Å². The smallest absolute Gasteiger partial charge is 0.247 e. The molecular formula is C39H37N3O. The third-order valence-electron chi connectivity index (χ3n) is 7.72. The van der Waals surface area contributed by atoms with Gasteiger partial charge in [-0.3, -0.25) is 9.79 Å². The molecule has 5 rings (SSSR count). The second-order valence-electron chi connectivity index (χ2n) is 11.2. The molecule has 0 saturated carbocycles. The summed E-state index contributed by atoms with van der Waals surface area (Å²) in [5, 5.41) is 2.86. The number of hydrogen-bond acceptors (Lipinski definition) is 3. The summed E-state index contributed by atoms with van der Waals surface area (Å²) >= 11 is 0. The molecule has 0 atom stereocenters. The van der Waals surface area contributed by atoms with E-state index in [0.717, 1.165) is 62.5 Å². The standard InChI is InChI=1S/C39H37N3O/c1-7-39(43)41-35-12-10-11-33(22-35)34-23-37(38(24-34)40-25-26(2)3)29(6)28(5)32-15-14-31(27(4)19-32)20-30-16-18-42-17-9-8-13-36(42)21-30/h7-12,14-19,21-23,25H,1,5,20,24H2,2-4,6H3,(H,41,43)/b37-29+,40-38?. The van der Waals surface area contributed by atoms with E-state index < -0.39 is 0 Å². The highest BCUT2D eigenvalue weighted by Crippen LogP contribution is 2.36. The van der Waals surface area contributed by atoms with Gasteiger partial charge in [-0.2, -0.15) is 0 Å². The van der Waals surface area contributed by atoms with Crippen LogP contribution in [-0.4, -0.2) is 16.5 Å². The van der Waals surface area contributed by atoms with Crippen LogP contribution in [0.5, 0.6) is 0 Å². The second-order valence-corrected chi connectivity index (χ2v) is 11.2. The molecule has 3 aliphatic rings. The zero-order chi connectivity index (χ0) is 30.5. The number of amides is 1. The van der Waals surface area contributed by atoms with E-state index >= 15 is 0 Å². The van der Waals surface area contributed by atoms with E-state index in [1.807, 2.05) is 56.6 Å². The first-order valence-corrected chi connectivity index (χ1v) is 14.5. The molecule has 0 fully saturated rings. The molecule has 1 amide bonds. The Morgan fingerprint density at radius 2 is 1.95 bits per heavy atom. The van der Waals surface area contributed by atoms with Gasteiger partial charge in [-0.1, -0.05) is 54.8 Å². The number of rotatable bonds is 8. The van der Waals surface area contributed by atoms with Crippen LogP contribution in [0.25, 0.3) is 11.1 Å². The quantitative estimate of drug-likeness (QED) is 0.257. The third kappa shape index (κ3) is 6.83. The Kier molecular flexibility index (Phi) is 8.71. The van der Waals surface area contributed by atoms with Crippen LogP contribution in [0.4, 0.5) is 5.69 Å². The van der Waals surface area contributed by atoms with Gasteiger partial charge < -0.3 is 10.2 Å². The van der Waals surface area contributed by atoms with Crippen LogP contribution in [0.2, 0.25) is 0 Å². The molecule has 214 valence electrons. The Morgan fingerprint density at radius 3 is 2.72 bits per heavy atom. The maximum atomic E-state index is 11.9. The van der Waals surface area contributed by atoms with E-state index in [4.69, 9.17) is 4.99 Å². The summed E-state index contributed by atoms with van der Waals surface area (Å²) in [6.45, 7) is 16.5. The molecule has 2 heterocycles. The fraction of sp³-hybridized carbons (Fsp3) is 0.154. The van der Waals surface area contributed by atoms with Gasteiger partial charge >= 0.3 is 0 Å². The van der Waals surface area contributed by atoms with E-state index in [-0.39, 0.29) is 5.91 Å². The van der Waals surface area contributed by atoms with Crippen LogP contribution in [0.3, 0.4) is 0 Å². The summed E-state index contributed by atoms with van der Waals surface area (Å²) in [7, 11) is 0. The van der Waals surface area contributed by atoms with Gasteiger partial charge in [0, 0.05) is 36.3 Å². The fourth-order valence-electron chi connectivity index (χ4n) is 5.27. The average molecular weight is 564 g/mol. The van der Waals surface area contributed by atoms with Gasteiger partial charge in [-0.15, -0.1) is 0 Å². The summed E-state index contributed by atoms with van der Waals surface area (Å²) in [5.41, 5.74) is 17.5. The Labute approximate surface area is 255 Å². The number of carbonyl (C=O) groups excluding carboxylic acids is 1. The Bertz CT molecular complexity index is 1810. The molecule has 4 nitrogen and oxygen atoms in total. The fourth-order valence-corrected chi connectivity index (χ4v) is 5.27. The van der Waals surface area contributed by atoms with Crippen molar-refractivity contribution in [3.8, 4) is 0 Å². The maximum Gasteiger partial charge on any atom is 0.247 e. The van der Waals surface area contributed by atoms with Gasteiger partial charge in [0.15, 0.2) is 0 Å². The first-order chi connectivity index (χ1) is 20.7. The number of aryl methyl sites for hydroxylation is 1. The Balaban J connectivity index is 1.43. The molecule has 1 aliphatic carbocycles. The minimum atomic E-state index is -0.229. The van der Waals surface area contributed by atoms with E-state index in [1.54, 1.807) is 0 Å². The number of allylic oxidation sites excluding steroid dienone is 10. The number of nitrogens with zero attached hydrogens (tertiary/aromatic N) is 2. The molecule has 0 unspecified atom stereocenters. The third-order valence-corrected chi connectivity index (χ3v) is 7.72. The van der Waals surface area contributed by atoms with Crippen LogP contribution in [-0.2, 0) is 11.2 Å². The molecule has 2 aromatic rings. The van der Waals surface area contributed by atoms with E-state index in [9.17, 15) is 4.79 Å². The summed E-state index contributed by atoms with van der Waals surface area (Å²) < 4.78 is 0. The van der Waals surface area contributed by atoms with Crippen LogP contribution in [0, 0.1) is 6.92 Å². The van der Waals surface area contributed by atoms with Crippen molar-refractivity contribution in [3.05, 3.63) is 167 Å². The van der Waals surface area contributed by atoms with Crippen molar-refractivity contribution in [2.75, 3.05) is 5.32 Å². The first-order valence-electron chi connectivity index (χ1n) is 14.5. The van der Waals surface area contributed by atoms with E-state index in [0.29, 0.717) is 6.42 Å². The van der Waals surface area contributed by atoms with Crippen molar-refractivity contribution in [1.29, 1.82) is 0 Å². The molecule has 43 heavy (non-hydrogen) atoms. The van der Waals surface area contributed by atoms with Crippen LogP contribution >= 0.6 is 0 Å². The predicted molar refractivity (Wildman–Crippen MR) is 181 cm³/mol. The average Bonchev–Trinajstić information content (AvgIpc) is 3.44. The summed E-state index contributed by atoms with van der Waals surface area (Å²) in [4.78, 5) is 18.8. The molecule has 1 N–H and O–H groups in total. The number of carbonyl (C=O) groups is 1. The molecule has 2 aromatic carbocycles. The highest BCUT2D eigenvalue weighted by molar-refractivity contribution is 6.16. The lowest BCUT2D eigenvalue weighted by Crippen LogP contribution is -2.12. The number of benzene rings is 2. The van der Waals surface area contributed by atoms with Crippen LogP contribution < -0.4 is 5.32 Å². The SMILES string of the molecule is C=CC(=O)Nc1cccc(C2=C/C(=C(/C)C(=C)c3ccc(CC4=CC5=C=CC=CN5C=C4)c(C)c3)C(=NC=C(C)C)C2)c1. The monoisotopic (exact) mass is 563 g/mol. The number of hydrogen-bond donors (Lipinski definition) is 1. The first kappa shape index (κ1) is 29.3. The lowest BCUT2D eigenvalue weighted by atomic mass is 9.91. The van der Waals surface area contributed by atoms with Crippen molar-refractivity contribution in [2.24, 2.45) is 4.99 Å².